The van der Waals surface area contributed by atoms with Crippen molar-refractivity contribution in [2.75, 3.05) is 19.8 Å². The first-order chi connectivity index (χ1) is 7.34. The first-order valence-electron chi connectivity index (χ1n) is 4.55. The van der Waals surface area contributed by atoms with Gasteiger partial charge in [0, 0.05) is 6.54 Å². The molecule has 82 valence electrons. The minimum Gasteiger partial charge on any atom is -0.379 e. The van der Waals surface area contributed by atoms with Gasteiger partial charge < -0.3 is 10.1 Å². The van der Waals surface area contributed by atoms with Crippen LogP contribution < -0.4 is 5.32 Å². The van der Waals surface area contributed by atoms with Crippen molar-refractivity contribution in [2.45, 2.75) is 6.42 Å². The van der Waals surface area contributed by atoms with Crippen molar-refractivity contribution in [3.63, 3.8) is 0 Å². The van der Waals surface area contributed by atoms with Gasteiger partial charge in [-0.2, -0.15) is 5.21 Å². The summed E-state index contributed by atoms with van der Waals surface area (Å²) >= 11 is 0. The minimum atomic E-state index is -0.365. The molecule has 1 aromatic heterocycles. The van der Waals surface area contributed by atoms with Gasteiger partial charge in [0.25, 0.3) is 11.7 Å². The monoisotopic (exact) mass is 211 g/mol. The van der Waals surface area contributed by atoms with Crippen molar-refractivity contribution < 1.29 is 9.53 Å². The van der Waals surface area contributed by atoms with Crippen molar-refractivity contribution in [1.82, 2.24) is 25.9 Å². The van der Waals surface area contributed by atoms with Crippen LogP contribution in [0.15, 0.2) is 12.7 Å². The van der Waals surface area contributed by atoms with Crippen LogP contribution in [0.2, 0.25) is 0 Å². The third kappa shape index (κ3) is 4.32. The summed E-state index contributed by atoms with van der Waals surface area (Å²) in [6, 6.07) is 0. The number of H-pyrrole nitrogens is 1. The zero-order valence-electron chi connectivity index (χ0n) is 8.27. The van der Waals surface area contributed by atoms with Gasteiger partial charge in [-0.15, -0.1) is 16.8 Å². The second-order valence-electron chi connectivity index (χ2n) is 2.68. The number of carbonyl (C=O) groups excluding carboxylic acids is 1. The summed E-state index contributed by atoms with van der Waals surface area (Å²) in [6.45, 7) is 5.05. The molecule has 0 fully saturated rings. The number of hydrogen-bond acceptors (Lipinski definition) is 5. The van der Waals surface area contributed by atoms with Crippen molar-refractivity contribution >= 4 is 5.91 Å². The van der Waals surface area contributed by atoms with E-state index in [1.807, 2.05) is 0 Å². The second kappa shape index (κ2) is 6.66. The van der Waals surface area contributed by atoms with Gasteiger partial charge in [0.1, 0.15) is 0 Å². The molecule has 0 atom stereocenters. The third-order valence-electron chi connectivity index (χ3n) is 1.55. The number of aromatic amines is 1. The standard InChI is InChI=1S/C8H13N5O2/c1-2-3-5-15-6-4-9-8(14)7-10-12-13-11-7/h2H,1,3-6H2,(H,9,14)(H,10,11,12,13). The molecular formula is C8H13N5O2. The largest absolute Gasteiger partial charge is 0.379 e. The van der Waals surface area contributed by atoms with Crippen LogP contribution in [0.4, 0.5) is 0 Å². The average Bonchev–Trinajstić information content (AvgIpc) is 2.76. The molecule has 1 heterocycles. The maximum absolute atomic E-state index is 11.2. The van der Waals surface area contributed by atoms with Crippen LogP contribution in [0.5, 0.6) is 0 Å². The molecule has 0 saturated carbocycles. The fourth-order valence-electron chi connectivity index (χ4n) is 0.843. The lowest BCUT2D eigenvalue weighted by molar-refractivity contribution is 0.0908. The van der Waals surface area contributed by atoms with Crippen LogP contribution in [0.1, 0.15) is 17.0 Å². The Morgan fingerprint density at radius 3 is 3.13 bits per heavy atom. The number of hydrogen-bond donors (Lipinski definition) is 2. The minimum absolute atomic E-state index is 0.0288. The fraction of sp³-hybridized carbons (Fsp3) is 0.500. The van der Waals surface area contributed by atoms with Crippen LogP contribution in [0.25, 0.3) is 0 Å². The molecule has 15 heavy (non-hydrogen) atoms. The van der Waals surface area contributed by atoms with E-state index in [4.69, 9.17) is 4.74 Å². The van der Waals surface area contributed by atoms with E-state index in [-0.39, 0.29) is 11.7 Å². The number of nitrogens with zero attached hydrogens (tertiary/aromatic N) is 3. The number of tetrazole rings is 1. The van der Waals surface area contributed by atoms with Crippen molar-refractivity contribution in [3.8, 4) is 0 Å². The molecule has 0 saturated heterocycles. The van der Waals surface area contributed by atoms with Crippen molar-refractivity contribution in [1.29, 1.82) is 0 Å². The highest BCUT2D eigenvalue weighted by atomic mass is 16.5. The Bertz CT molecular complexity index is 298. The van der Waals surface area contributed by atoms with Crippen LogP contribution in [0.3, 0.4) is 0 Å². The lowest BCUT2D eigenvalue weighted by Crippen LogP contribution is -2.28. The second-order valence-corrected chi connectivity index (χ2v) is 2.68. The molecule has 0 radical (unpaired) electrons. The van der Waals surface area contributed by atoms with E-state index in [9.17, 15) is 4.79 Å². The van der Waals surface area contributed by atoms with Gasteiger partial charge in [0.15, 0.2) is 0 Å². The van der Waals surface area contributed by atoms with E-state index in [0.717, 1.165) is 6.42 Å². The smallest absolute Gasteiger partial charge is 0.292 e. The zero-order valence-corrected chi connectivity index (χ0v) is 8.27. The van der Waals surface area contributed by atoms with Crippen LogP contribution >= 0.6 is 0 Å². The molecule has 1 amide bonds. The van der Waals surface area contributed by atoms with Gasteiger partial charge in [0.2, 0.25) is 0 Å². The molecule has 2 N–H and O–H groups in total. The van der Waals surface area contributed by atoms with E-state index in [1.54, 1.807) is 6.08 Å². The molecule has 0 aliphatic heterocycles. The molecule has 0 unspecified atom stereocenters. The highest BCUT2D eigenvalue weighted by Crippen LogP contribution is 1.84. The van der Waals surface area contributed by atoms with Gasteiger partial charge >= 0.3 is 0 Å². The van der Waals surface area contributed by atoms with E-state index in [0.29, 0.717) is 19.8 Å². The molecule has 1 rings (SSSR count). The molecule has 0 aliphatic rings. The van der Waals surface area contributed by atoms with E-state index >= 15 is 0 Å². The number of carbonyl (C=O) groups is 1. The zero-order chi connectivity index (χ0) is 10.9. The highest BCUT2D eigenvalue weighted by molar-refractivity contribution is 5.89. The van der Waals surface area contributed by atoms with Crippen LogP contribution in [0, 0.1) is 0 Å². The summed E-state index contributed by atoms with van der Waals surface area (Å²) in [4.78, 5) is 11.2. The lowest BCUT2D eigenvalue weighted by atomic mass is 10.4. The Labute approximate surface area is 86.9 Å². The summed E-state index contributed by atoms with van der Waals surface area (Å²) in [7, 11) is 0. The van der Waals surface area contributed by atoms with Gasteiger partial charge in [-0.1, -0.05) is 6.08 Å². The Kier molecular flexibility index (Phi) is 5.02. The third-order valence-corrected chi connectivity index (χ3v) is 1.55. The highest BCUT2D eigenvalue weighted by Gasteiger charge is 2.08. The number of aromatic nitrogens is 4. The molecule has 0 aromatic carbocycles. The van der Waals surface area contributed by atoms with Crippen LogP contribution in [-0.2, 0) is 4.74 Å². The van der Waals surface area contributed by atoms with E-state index < -0.39 is 0 Å². The number of rotatable bonds is 7. The maximum atomic E-state index is 11.2. The molecule has 1 aromatic rings. The molecule has 0 bridgehead atoms. The fourth-order valence-corrected chi connectivity index (χ4v) is 0.843. The Morgan fingerprint density at radius 1 is 1.60 bits per heavy atom. The Hall–Kier alpha value is -1.76. The summed E-state index contributed by atoms with van der Waals surface area (Å²) in [5.41, 5.74) is 0. The molecule has 0 aliphatic carbocycles. The summed E-state index contributed by atoms with van der Waals surface area (Å²) in [6.07, 6.45) is 2.58. The lowest BCUT2D eigenvalue weighted by Gasteiger charge is -2.02. The van der Waals surface area contributed by atoms with E-state index in [1.165, 1.54) is 0 Å². The number of ether oxygens (including phenoxy) is 1. The summed E-state index contributed by atoms with van der Waals surface area (Å²) in [5, 5.41) is 15.1. The topological polar surface area (TPSA) is 92.8 Å². The van der Waals surface area contributed by atoms with Gasteiger partial charge in [-0.25, -0.2) is 0 Å². The van der Waals surface area contributed by atoms with Gasteiger partial charge in [-0.05, 0) is 11.6 Å². The quantitative estimate of drug-likeness (QED) is 0.469. The molecule has 7 nitrogen and oxygen atoms in total. The summed E-state index contributed by atoms with van der Waals surface area (Å²) < 4.78 is 5.19. The van der Waals surface area contributed by atoms with Gasteiger partial charge in [0.05, 0.1) is 13.2 Å². The summed E-state index contributed by atoms with van der Waals surface area (Å²) in [5.74, 6) is -0.336. The van der Waals surface area contributed by atoms with Gasteiger partial charge in [-0.3, -0.25) is 4.79 Å². The number of amides is 1. The van der Waals surface area contributed by atoms with Crippen molar-refractivity contribution in [2.24, 2.45) is 0 Å². The SMILES string of the molecule is C=CCCOCCNC(=O)c1nn[nH]n1. The Morgan fingerprint density at radius 2 is 2.47 bits per heavy atom. The maximum Gasteiger partial charge on any atom is 0.292 e. The first kappa shape index (κ1) is 11.3. The first-order valence-corrected chi connectivity index (χ1v) is 4.55. The molecule has 7 heteroatoms. The van der Waals surface area contributed by atoms with E-state index in [2.05, 4.69) is 32.5 Å². The average molecular weight is 211 g/mol. The molecule has 0 spiro atoms. The predicted molar refractivity (Wildman–Crippen MR) is 52.1 cm³/mol. The normalized spacial score (nSPS) is 9.87. The van der Waals surface area contributed by atoms with Crippen LogP contribution in [-0.4, -0.2) is 46.3 Å². The predicted octanol–water partition coefficient (Wildman–Crippen LogP) is -0.478. The van der Waals surface area contributed by atoms with Crippen molar-refractivity contribution in [3.05, 3.63) is 18.5 Å². The molecular weight excluding hydrogens is 198 g/mol. The Balaban J connectivity index is 2.05. The number of nitrogens with one attached hydrogen (secondary N) is 2.